The van der Waals surface area contributed by atoms with Crippen LogP contribution in [0.3, 0.4) is 0 Å². The third-order valence-electron chi connectivity index (χ3n) is 4.42. The number of benzene rings is 1. The van der Waals surface area contributed by atoms with Crippen LogP contribution >= 0.6 is 27.7 Å². The maximum Gasteiger partial charge on any atom is 0.233 e. The van der Waals surface area contributed by atoms with E-state index in [0.29, 0.717) is 17.0 Å². The Hall–Kier alpha value is -1.34. The predicted octanol–water partition coefficient (Wildman–Crippen LogP) is 4.12. The van der Waals surface area contributed by atoms with Crippen LogP contribution in [-0.2, 0) is 4.79 Å². The molecule has 5 nitrogen and oxygen atoms in total. The molecule has 1 aliphatic carbocycles. The lowest BCUT2D eigenvalue weighted by Gasteiger charge is -2.31. The molecule has 0 spiro atoms. The Labute approximate surface area is 154 Å². The molecule has 1 N–H and O–H groups in total. The molecule has 0 unspecified atom stereocenters. The summed E-state index contributed by atoms with van der Waals surface area (Å²) in [6, 6.07) is 8.28. The zero-order valence-corrected chi connectivity index (χ0v) is 16.1. The van der Waals surface area contributed by atoms with Crippen LogP contribution in [0.5, 0.6) is 0 Å². The van der Waals surface area contributed by atoms with E-state index >= 15 is 0 Å². The summed E-state index contributed by atoms with van der Waals surface area (Å²) >= 11 is 4.80. The van der Waals surface area contributed by atoms with E-state index < -0.39 is 0 Å². The number of aromatic nitrogens is 3. The standard InChI is InChI=1S/C17H21BrN4OS/c1-22(14-5-3-2-4-6-14)15(23)11-24-17-19-16(20-21-17)12-7-9-13(18)10-8-12/h7-10,14H,2-6,11H2,1H3,(H,19,20,21). The number of rotatable bonds is 5. The van der Waals surface area contributed by atoms with Gasteiger partial charge in [-0.15, -0.1) is 5.10 Å². The van der Waals surface area contributed by atoms with Crippen LogP contribution in [0.1, 0.15) is 32.1 Å². The second-order valence-corrected chi connectivity index (χ2v) is 7.92. The molecule has 0 bridgehead atoms. The zero-order chi connectivity index (χ0) is 16.9. The molecule has 1 aromatic heterocycles. The molecule has 1 amide bonds. The van der Waals surface area contributed by atoms with Crippen LogP contribution < -0.4 is 0 Å². The Bertz CT molecular complexity index is 682. The highest BCUT2D eigenvalue weighted by atomic mass is 79.9. The number of amides is 1. The van der Waals surface area contributed by atoms with E-state index in [1.165, 1.54) is 31.0 Å². The van der Waals surface area contributed by atoms with Crippen LogP contribution in [-0.4, -0.2) is 44.8 Å². The van der Waals surface area contributed by atoms with Crippen LogP contribution in [0.2, 0.25) is 0 Å². The highest BCUT2D eigenvalue weighted by Crippen LogP contribution is 2.24. The van der Waals surface area contributed by atoms with Gasteiger partial charge in [-0.05, 0) is 25.0 Å². The van der Waals surface area contributed by atoms with Gasteiger partial charge in [0.1, 0.15) is 0 Å². The Morgan fingerprint density at radius 3 is 2.71 bits per heavy atom. The fraction of sp³-hybridized carbons (Fsp3) is 0.471. The molecule has 1 saturated carbocycles. The summed E-state index contributed by atoms with van der Waals surface area (Å²) < 4.78 is 1.02. The average molecular weight is 409 g/mol. The highest BCUT2D eigenvalue weighted by Gasteiger charge is 2.22. The summed E-state index contributed by atoms with van der Waals surface area (Å²) in [5.74, 6) is 1.25. The molecular weight excluding hydrogens is 388 g/mol. The van der Waals surface area contributed by atoms with Gasteiger partial charge >= 0.3 is 0 Å². The molecule has 7 heteroatoms. The van der Waals surface area contributed by atoms with Crippen LogP contribution in [0, 0.1) is 0 Å². The maximum absolute atomic E-state index is 12.4. The first kappa shape index (κ1) is 17.5. The van der Waals surface area contributed by atoms with Gasteiger partial charge in [0.15, 0.2) is 5.82 Å². The van der Waals surface area contributed by atoms with E-state index in [9.17, 15) is 4.79 Å². The molecule has 0 radical (unpaired) electrons. The van der Waals surface area contributed by atoms with E-state index in [0.717, 1.165) is 28.7 Å². The van der Waals surface area contributed by atoms with Gasteiger partial charge < -0.3 is 4.90 Å². The summed E-state index contributed by atoms with van der Waals surface area (Å²) in [6.07, 6.45) is 6.01. The second-order valence-electron chi connectivity index (χ2n) is 6.06. The smallest absolute Gasteiger partial charge is 0.233 e. The monoisotopic (exact) mass is 408 g/mol. The lowest BCUT2D eigenvalue weighted by molar-refractivity contribution is -0.129. The Kier molecular flexibility index (Phi) is 5.94. The minimum Gasteiger partial charge on any atom is -0.342 e. The quantitative estimate of drug-likeness (QED) is 0.755. The normalized spacial score (nSPS) is 15.4. The molecule has 128 valence electrons. The van der Waals surface area contributed by atoms with Crippen LogP contribution in [0.15, 0.2) is 33.9 Å². The van der Waals surface area contributed by atoms with Crippen molar-refractivity contribution in [3.05, 3.63) is 28.7 Å². The van der Waals surface area contributed by atoms with Crippen LogP contribution in [0.25, 0.3) is 11.4 Å². The number of halogens is 1. The minimum atomic E-state index is 0.155. The first-order valence-corrected chi connectivity index (χ1v) is 9.98. The SMILES string of the molecule is CN(C(=O)CSc1n[nH]c(-c2ccc(Br)cc2)n1)C1CCCCC1. The first-order chi connectivity index (χ1) is 11.6. The fourth-order valence-corrected chi connectivity index (χ4v) is 3.93. The number of thioether (sulfide) groups is 1. The van der Waals surface area contributed by atoms with Gasteiger partial charge in [0.25, 0.3) is 0 Å². The molecule has 3 rings (SSSR count). The van der Waals surface area contributed by atoms with E-state index in [1.54, 1.807) is 0 Å². The summed E-state index contributed by atoms with van der Waals surface area (Å²) in [5.41, 5.74) is 0.975. The van der Waals surface area contributed by atoms with Gasteiger partial charge in [-0.2, -0.15) is 0 Å². The van der Waals surface area contributed by atoms with E-state index in [1.807, 2.05) is 36.2 Å². The first-order valence-electron chi connectivity index (χ1n) is 8.20. The average Bonchev–Trinajstić information content (AvgIpc) is 3.09. The second kappa shape index (κ2) is 8.16. The van der Waals surface area contributed by atoms with Gasteiger partial charge in [0.05, 0.1) is 5.75 Å². The third-order valence-corrected chi connectivity index (χ3v) is 5.78. The Balaban J connectivity index is 1.55. The molecule has 1 heterocycles. The number of nitrogens with one attached hydrogen (secondary N) is 1. The number of hydrogen-bond donors (Lipinski definition) is 1. The lowest BCUT2D eigenvalue weighted by Crippen LogP contribution is -2.39. The number of nitrogens with zero attached hydrogens (tertiary/aromatic N) is 3. The van der Waals surface area contributed by atoms with Crippen molar-refractivity contribution in [1.82, 2.24) is 20.1 Å². The molecule has 1 aromatic carbocycles. The van der Waals surface area contributed by atoms with E-state index in [-0.39, 0.29) is 5.91 Å². The highest BCUT2D eigenvalue weighted by molar-refractivity contribution is 9.10. The van der Waals surface area contributed by atoms with Gasteiger partial charge in [0.2, 0.25) is 11.1 Å². The summed E-state index contributed by atoms with van der Waals surface area (Å²) in [6.45, 7) is 0. The number of H-pyrrole nitrogens is 1. The van der Waals surface area contributed by atoms with E-state index in [2.05, 4.69) is 31.1 Å². The molecule has 1 aliphatic rings. The van der Waals surface area contributed by atoms with Crippen molar-refractivity contribution in [3.8, 4) is 11.4 Å². The van der Waals surface area contributed by atoms with Gasteiger partial charge in [-0.3, -0.25) is 9.89 Å². The molecule has 0 atom stereocenters. The van der Waals surface area contributed by atoms with Crippen molar-refractivity contribution in [2.45, 2.75) is 43.3 Å². The summed E-state index contributed by atoms with van der Waals surface area (Å²) in [5, 5.41) is 7.75. The zero-order valence-electron chi connectivity index (χ0n) is 13.7. The van der Waals surface area contributed by atoms with E-state index in [4.69, 9.17) is 0 Å². The third kappa shape index (κ3) is 4.39. The van der Waals surface area contributed by atoms with Crippen molar-refractivity contribution >= 4 is 33.6 Å². The Morgan fingerprint density at radius 2 is 2.00 bits per heavy atom. The van der Waals surface area contributed by atoms with Crippen molar-refractivity contribution in [2.75, 3.05) is 12.8 Å². The van der Waals surface area contributed by atoms with Crippen molar-refractivity contribution < 1.29 is 4.79 Å². The number of hydrogen-bond acceptors (Lipinski definition) is 4. The largest absolute Gasteiger partial charge is 0.342 e. The molecule has 2 aromatic rings. The lowest BCUT2D eigenvalue weighted by atomic mass is 9.94. The van der Waals surface area contributed by atoms with Crippen LogP contribution in [0.4, 0.5) is 0 Å². The van der Waals surface area contributed by atoms with Gasteiger partial charge in [-0.1, -0.05) is 59.1 Å². The molecule has 1 fully saturated rings. The van der Waals surface area contributed by atoms with Gasteiger partial charge in [-0.25, -0.2) is 4.98 Å². The number of carbonyl (C=O) groups is 1. The number of carbonyl (C=O) groups excluding carboxylic acids is 1. The summed E-state index contributed by atoms with van der Waals surface area (Å²) in [7, 11) is 1.92. The summed E-state index contributed by atoms with van der Waals surface area (Å²) in [4.78, 5) is 18.7. The van der Waals surface area contributed by atoms with Crippen molar-refractivity contribution in [2.24, 2.45) is 0 Å². The Morgan fingerprint density at radius 1 is 1.29 bits per heavy atom. The molecule has 24 heavy (non-hydrogen) atoms. The topological polar surface area (TPSA) is 61.9 Å². The predicted molar refractivity (Wildman–Crippen MR) is 99.9 cm³/mol. The maximum atomic E-state index is 12.4. The molecular formula is C17H21BrN4OS. The molecule has 0 aliphatic heterocycles. The minimum absolute atomic E-state index is 0.155. The molecule has 0 saturated heterocycles. The van der Waals surface area contributed by atoms with Crippen molar-refractivity contribution in [3.63, 3.8) is 0 Å². The van der Waals surface area contributed by atoms with Gasteiger partial charge in [0, 0.05) is 23.1 Å². The van der Waals surface area contributed by atoms with Crippen molar-refractivity contribution in [1.29, 1.82) is 0 Å². The number of aromatic amines is 1. The fourth-order valence-electron chi connectivity index (χ4n) is 2.95.